The first-order chi connectivity index (χ1) is 13.8. The van der Waals surface area contributed by atoms with Gasteiger partial charge in [-0.15, -0.1) is 11.3 Å². The monoisotopic (exact) mass is 392 g/mol. The van der Waals surface area contributed by atoms with Crippen LogP contribution in [0.4, 0.5) is 11.4 Å². The fourth-order valence-corrected chi connectivity index (χ4v) is 4.67. The van der Waals surface area contributed by atoms with Crippen molar-refractivity contribution in [1.82, 2.24) is 0 Å². The van der Waals surface area contributed by atoms with Crippen LogP contribution in [0.5, 0.6) is 5.75 Å². The van der Waals surface area contributed by atoms with Gasteiger partial charge in [-0.05, 0) is 42.5 Å². The Hall–Kier alpha value is -2.83. The molecular formula is C22H20N2O3S. The lowest BCUT2D eigenvalue weighted by atomic mass is 10.1. The number of carbonyl (C=O) groups excluding carboxylic acids is 1. The van der Waals surface area contributed by atoms with Gasteiger partial charge in [-0.25, -0.2) is 0 Å². The van der Waals surface area contributed by atoms with Gasteiger partial charge in [-0.1, -0.05) is 12.1 Å². The second kappa shape index (κ2) is 7.30. The first kappa shape index (κ1) is 17.3. The third kappa shape index (κ3) is 3.25. The summed E-state index contributed by atoms with van der Waals surface area (Å²) in [7, 11) is 0. The van der Waals surface area contributed by atoms with Crippen molar-refractivity contribution in [3.8, 4) is 16.2 Å². The normalized spacial score (nSPS) is 15.4. The highest BCUT2D eigenvalue weighted by Crippen LogP contribution is 2.42. The molecule has 0 unspecified atom stereocenters. The molecule has 2 aromatic carbocycles. The number of para-hydroxylation sites is 1. The van der Waals surface area contributed by atoms with Gasteiger partial charge in [-0.3, -0.25) is 4.79 Å². The number of thiophene rings is 1. The average Bonchev–Trinajstić information content (AvgIpc) is 3.20. The summed E-state index contributed by atoms with van der Waals surface area (Å²) in [6.45, 7) is 3.82. The van der Waals surface area contributed by atoms with Crippen molar-refractivity contribution in [2.45, 2.75) is 6.61 Å². The molecule has 5 nitrogen and oxygen atoms in total. The number of morpholine rings is 1. The van der Waals surface area contributed by atoms with Gasteiger partial charge < -0.3 is 19.7 Å². The number of anilines is 2. The Balaban J connectivity index is 1.32. The Morgan fingerprint density at radius 3 is 2.64 bits per heavy atom. The molecule has 2 aliphatic heterocycles. The maximum Gasteiger partial charge on any atom is 0.265 e. The molecule has 1 fully saturated rings. The lowest BCUT2D eigenvalue weighted by molar-refractivity contribution is 0.103. The molecule has 1 aromatic heterocycles. The number of hydrogen-bond acceptors (Lipinski definition) is 5. The predicted molar refractivity (Wildman–Crippen MR) is 112 cm³/mol. The number of hydrogen-bond donors (Lipinski definition) is 1. The van der Waals surface area contributed by atoms with Crippen LogP contribution in [0.1, 0.15) is 15.2 Å². The van der Waals surface area contributed by atoms with Crippen LogP contribution < -0.4 is 15.0 Å². The molecule has 1 saturated heterocycles. The van der Waals surface area contributed by atoms with Crippen LogP contribution in [0.25, 0.3) is 10.4 Å². The SMILES string of the molecule is O=C(Nc1ccc(N2CCOCC2)cc1)c1cc2c(s1)-c1ccccc1OC2. The van der Waals surface area contributed by atoms with E-state index < -0.39 is 0 Å². The van der Waals surface area contributed by atoms with Crippen molar-refractivity contribution in [2.24, 2.45) is 0 Å². The molecule has 28 heavy (non-hydrogen) atoms. The zero-order chi connectivity index (χ0) is 18.9. The molecule has 0 saturated carbocycles. The van der Waals surface area contributed by atoms with Gasteiger partial charge in [0.2, 0.25) is 0 Å². The number of fused-ring (bicyclic) bond motifs is 3. The Bertz CT molecular complexity index is 1010. The van der Waals surface area contributed by atoms with Gasteiger partial charge in [0.05, 0.1) is 18.1 Å². The Morgan fingerprint density at radius 2 is 1.82 bits per heavy atom. The van der Waals surface area contributed by atoms with Crippen LogP contribution in [0, 0.1) is 0 Å². The van der Waals surface area contributed by atoms with Crippen LogP contribution in [-0.4, -0.2) is 32.2 Å². The second-order valence-electron chi connectivity index (χ2n) is 6.85. The summed E-state index contributed by atoms with van der Waals surface area (Å²) in [5.74, 6) is 0.790. The fourth-order valence-electron chi connectivity index (χ4n) is 3.58. The van der Waals surface area contributed by atoms with Crippen molar-refractivity contribution in [1.29, 1.82) is 0 Å². The molecule has 0 atom stereocenters. The third-order valence-electron chi connectivity index (χ3n) is 5.05. The van der Waals surface area contributed by atoms with E-state index in [1.54, 1.807) is 0 Å². The summed E-state index contributed by atoms with van der Waals surface area (Å²) in [5, 5.41) is 3.01. The van der Waals surface area contributed by atoms with Crippen LogP contribution in [0.15, 0.2) is 54.6 Å². The zero-order valence-electron chi connectivity index (χ0n) is 15.3. The second-order valence-corrected chi connectivity index (χ2v) is 7.90. The van der Waals surface area contributed by atoms with E-state index in [9.17, 15) is 4.79 Å². The molecule has 2 aliphatic rings. The van der Waals surface area contributed by atoms with Crippen LogP contribution in [0.3, 0.4) is 0 Å². The molecule has 0 bridgehead atoms. The number of nitrogens with zero attached hydrogens (tertiary/aromatic N) is 1. The van der Waals surface area contributed by atoms with Crippen molar-refractivity contribution >= 4 is 28.6 Å². The molecule has 0 radical (unpaired) electrons. The van der Waals surface area contributed by atoms with Gasteiger partial charge >= 0.3 is 0 Å². The maximum absolute atomic E-state index is 12.8. The number of rotatable bonds is 3. The van der Waals surface area contributed by atoms with Crippen molar-refractivity contribution in [3.63, 3.8) is 0 Å². The van der Waals surface area contributed by atoms with Gasteiger partial charge in [0.1, 0.15) is 12.4 Å². The molecule has 0 aliphatic carbocycles. The average molecular weight is 392 g/mol. The van der Waals surface area contributed by atoms with Gasteiger partial charge in [0.25, 0.3) is 5.91 Å². The summed E-state index contributed by atoms with van der Waals surface area (Å²) in [4.78, 5) is 16.9. The number of benzene rings is 2. The van der Waals surface area contributed by atoms with Gasteiger partial charge in [0, 0.05) is 40.5 Å². The smallest absolute Gasteiger partial charge is 0.265 e. The van der Waals surface area contributed by atoms with Crippen LogP contribution in [-0.2, 0) is 11.3 Å². The fraction of sp³-hybridized carbons (Fsp3) is 0.227. The lowest BCUT2D eigenvalue weighted by Gasteiger charge is -2.28. The van der Waals surface area contributed by atoms with Crippen LogP contribution >= 0.6 is 11.3 Å². The van der Waals surface area contributed by atoms with E-state index in [-0.39, 0.29) is 5.91 Å². The molecule has 142 valence electrons. The van der Waals surface area contributed by atoms with E-state index in [1.165, 1.54) is 11.3 Å². The maximum atomic E-state index is 12.8. The van der Waals surface area contributed by atoms with Crippen molar-refractivity contribution in [2.75, 3.05) is 36.5 Å². The summed E-state index contributed by atoms with van der Waals surface area (Å²) in [6, 6.07) is 17.9. The highest BCUT2D eigenvalue weighted by molar-refractivity contribution is 7.17. The largest absolute Gasteiger partial charge is 0.488 e. The van der Waals surface area contributed by atoms with E-state index in [2.05, 4.69) is 10.2 Å². The highest BCUT2D eigenvalue weighted by Gasteiger charge is 2.22. The molecule has 5 rings (SSSR count). The standard InChI is InChI=1S/C22H20N2O3S/c25-22(23-16-5-7-17(8-6-16)24-9-11-26-12-10-24)20-13-15-14-27-19-4-2-1-3-18(19)21(15)28-20/h1-8,13H,9-12,14H2,(H,23,25). The number of amides is 1. The summed E-state index contributed by atoms with van der Waals surface area (Å²) >= 11 is 1.52. The zero-order valence-corrected chi connectivity index (χ0v) is 16.1. The molecule has 3 aromatic rings. The number of ether oxygens (including phenoxy) is 2. The summed E-state index contributed by atoms with van der Waals surface area (Å²) in [5.41, 5.74) is 4.07. The van der Waals surface area contributed by atoms with E-state index in [0.29, 0.717) is 11.5 Å². The molecular weight excluding hydrogens is 372 g/mol. The minimum atomic E-state index is -0.0870. The summed E-state index contributed by atoms with van der Waals surface area (Å²) < 4.78 is 11.2. The molecule has 1 N–H and O–H groups in total. The third-order valence-corrected chi connectivity index (χ3v) is 6.26. The Kier molecular flexibility index (Phi) is 4.50. The van der Waals surface area contributed by atoms with E-state index in [4.69, 9.17) is 9.47 Å². The predicted octanol–water partition coefficient (Wildman–Crippen LogP) is 4.40. The molecule has 1 amide bonds. The quantitative estimate of drug-likeness (QED) is 0.718. The van der Waals surface area contributed by atoms with Gasteiger partial charge in [-0.2, -0.15) is 0 Å². The van der Waals surface area contributed by atoms with Crippen molar-refractivity contribution < 1.29 is 14.3 Å². The first-order valence-electron chi connectivity index (χ1n) is 9.37. The minimum absolute atomic E-state index is 0.0870. The number of carbonyl (C=O) groups is 1. The van der Waals surface area contributed by atoms with Crippen molar-refractivity contribution in [3.05, 3.63) is 65.0 Å². The molecule has 3 heterocycles. The van der Waals surface area contributed by atoms with E-state index in [1.807, 2.05) is 54.6 Å². The minimum Gasteiger partial charge on any atom is -0.488 e. The van der Waals surface area contributed by atoms with Crippen LogP contribution in [0.2, 0.25) is 0 Å². The Morgan fingerprint density at radius 1 is 1.04 bits per heavy atom. The highest BCUT2D eigenvalue weighted by atomic mass is 32.1. The van der Waals surface area contributed by atoms with Gasteiger partial charge in [0.15, 0.2) is 0 Å². The summed E-state index contributed by atoms with van der Waals surface area (Å²) in [6.07, 6.45) is 0. The topological polar surface area (TPSA) is 50.8 Å². The first-order valence-corrected chi connectivity index (χ1v) is 10.2. The number of nitrogens with one attached hydrogen (secondary N) is 1. The van der Waals surface area contributed by atoms with E-state index in [0.717, 1.165) is 59.4 Å². The Labute approximate surface area is 167 Å². The molecule has 0 spiro atoms. The lowest BCUT2D eigenvalue weighted by Crippen LogP contribution is -2.36. The van der Waals surface area contributed by atoms with E-state index >= 15 is 0 Å². The molecule has 6 heteroatoms.